The molecule has 154 valence electrons. The van der Waals surface area contributed by atoms with Crippen LogP contribution in [-0.2, 0) is 14.3 Å². The highest BCUT2D eigenvalue weighted by Crippen LogP contribution is 2.30. The first-order chi connectivity index (χ1) is 12.5. The third kappa shape index (κ3) is 11.5. The summed E-state index contributed by atoms with van der Waals surface area (Å²) in [5.41, 5.74) is 0. The van der Waals surface area contributed by atoms with Gasteiger partial charge in [-0.3, -0.25) is 9.59 Å². The van der Waals surface area contributed by atoms with E-state index in [0.717, 1.165) is 19.3 Å². The minimum absolute atomic E-state index is 0.0893. The van der Waals surface area contributed by atoms with Gasteiger partial charge >= 0.3 is 11.9 Å². The van der Waals surface area contributed by atoms with Gasteiger partial charge in [-0.05, 0) is 44.4 Å². The van der Waals surface area contributed by atoms with Gasteiger partial charge in [-0.25, -0.2) is 0 Å². The Hall–Kier alpha value is -1.14. The number of esters is 1. The summed E-state index contributed by atoms with van der Waals surface area (Å²) in [6.07, 6.45) is 9.56. The molecule has 0 amide bonds. The van der Waals surface area contributed by atoms with Crippen molar-refractivity contribution in [3.8, 4) is 0 Å². The van der Waals surface area contributed by atoms with Crippen LogP contribution in [-0.4, -0.2) is 47.1 Å². The van der Waals surface area contributed by atoms with Gasteiger partial charge in [-0.1, -0.05) is 39.5 Å². The van der Waals surface area contributed by atoms with Crippen LogP contribution in [0.2, 0.25) is 0 Å². The third-order valence-electron chi connectivity index (χ3n) is 4.88. The summed E-state index contributed by atoms with van der Waals surface area (Å²) in [5, 5.41) is 24.2. The van der Waals surface area contributed by atoms with Crippen LogP contribution < -0.4 is 0 Å². The Bertz CT molecular complexity index is 361. The predicted molar refractivity (Wildman–Crippen MR) is 101 cm³/mol. The van der Waals surface area contributed by atoms with Crippen LogP contribution in [0.4, 0.5) is 0 Å². The second-order valence-electron chi connectivity index (χ2n) is 7.11. The molecule has 0 saturated heterocycles. The molecule has 0 heterocycles. The first kappa shape index (κ1) is 24.9. The molecule has 6 heteroatoms. The minimum Gasteiger partial charge on any atom is -0.481 e. The molecule has 26 heavy (non-hydrogen) atoms. The van der Waals surface area contributed by atoms with Crippen LogP contribution in [0.25, 0.3) is 0 Å². The summed E-state index contributed by atoms with van der Waals surface area (Å²) in [6.45, 7) is 4.65. The Morgan fingerprint density at radius 1 is 0.923 bits per heavy atom. The van der Waals surface area contributed by atoms with Crippen molar-refractivity contribution >= 4 is 11.9 Å². The summed E-state index contributed by atoms with van der Waals surface area (Å²) in [5.74, 6) is -0.721. The molecule has 1 aliphatic carbocycles. The van der Waals surface area contributed by atoms with Crippen molar-refractivity contribution in [1.29, 1.82) is 0 Å². The lowest BCUT2D eigenvalue weighted by Crippen LogP contribution is -2.28. The maximum absolute atomic E-state index is 12.1. The molecule has 0 aromatic heterocycles. The number of rotatable bonds is 11. The number of carbonyl (C=O) groups excluding carboxylic acids is 1. The van der Waals surface area contributed by atoms with Gasteiger partial charge in [0, 0.05) is 0 Å². The first-order valence-electron chi connectivity index (χ1n) is 10.1. The van der Waals surface area contributed by atoms with E-state index in [9.17, 15) is 9.59 Å². The van der Waals surface area contributed by atoms with Crippen molar-refractivity contribution in [2.75, 3.05) is 19.8 Å². The number of unbranched alkanes of at least 4 members (excludes halogenated alkanes) is 2. The highest BCUT2D eigenvalue weighted by molar-refractivity contribution is 5.74. The number of aliphatic hydroxyl groups is 2. The normalized spacial score (nSPS) is 20.6. The van der Waals surface area contributed by atoms with E-state index in [-0.39, 0.29) is 31.0 Å². The second-order valence-corrected chi connectivity index (χ2v) is 7.11. The molecule has 1 atom stereocenters. The molecular weight excluding hydrogens is 336 g/mol. The summed E-state index contributed by atoms with van der Waals surface area (Å²) in [7, 11) is 0. The standard InChI is InChI=1S/C18H32O4.C2H6O2/c1-3-5-6-8-14(7-4-2)13-22-18(21)16-11-9-15(10-12-16)17(19)20;3-1-2-4/h14-16H,3-13H2,1-2H3,(H,19,20);3-4H,1-2H2. The molecule has 3 N–H and O–H groups in total. The molecule has 1 fully saturated rings. The minimum atomic E-state index is -0.731. The van der Waals surface area contributed by atoms with Crippen LogP contribution in [0.1, 0.15) is 78.1 Å². The van der Waals surface area contributed by atoms with Crippen molar-refractivity contribution in [1.82, 2.24) is 0 Å². The smallest absolute Gasteiger partial charge is 0.308 e. The number of aliphatic hydroxyl groups excluding tert-OH is 2. The van der Waals surface area contributed by atoms with E-state index in [1.807, 2.05) is 0 Å². The number of carbonyl (C=O) groups is 2. The van der Waals surface area contributed by atoms with Gasteiger partial charge < -0.3 is 20.1 Å². The SMILES string of the molecule is CCCCCC(CCC)COC(=O)C1CCC(C(=O)O)CC1.OCCO. The number of ether oxygens (including phenoxy) is 1. The van der Waals surface area contributed by atoms with E-state index >= 15 is 0 Å². The molecule has 0 spiro atoms. The Morgan fingerprint density at radius 2 is 1.50 bits per heavy atom. The Balaban J connectivity index is 0.00000141. The number of carboxylic acid groups (broad SMARTS) is 1. The van der Waals surface area contributed by atoms with Crippen LogP contribution in [0, 0.1) is 17.8 Å². The molecular formula is C20H38O6. The lowest BCUT2D eigenvalue weighted by atomic mass is 9.82. The van der Waals surface area contributed by atoms with Gasteiger partial charge in [-0.15, -0.1) is 0 Å². The molecule has 0 radical (unpaired) electrons. The largest absolute Gasteiger partial charge is 0.481 e. The fourth-order valence-electron chi connectivity index (χ4n) is 3.30. The topological polar surface area (TPSA) is 104 Å². The van der Waals surface area contributed by atoms with Crippen LogP contribution >= 0.6 is 0 Å². The van der Waals surface area contributed by atoms with Crippen molar-refractivity contribution in [3.63, 3.8) is 0 Å². The average Bonchev–Trinajstić information content (AvgIpc) is 2.66. The number of aliphatic carboxylic acids is 1. The van der Waals surface area contributed by atoms with Gasteiger partial charge in [-0.2, -0.15) is 0 Å². The highest BCUT2D eigenvalue weighted by Gasteiger charge is 2.30. The monoisotopic (exact) mass is 374 g/mol. The van der Waals surface area contributed by atoms with Crippen LogP contribution in [0.3, 0.4) is 0 Å². The van der Waals surface area contributed by atoms with Gasteiger partial charge in [0.2, 0.25) is 0 Å². The predicted octanol–water partition coefficient (Wildman–Crippen LogP) is 3.39. The number of carboxylic acids is 1. The van der Waals surface area contributed by atoms with E-state index < -0.39 is 5.97 Å². The maximum atomic E-state index is 12.1. The Kier molecular flexibility index (Phi) is 15.4. The van der Waals surface area contributed by atoms with Crippen molar-refractivity contribution in [3.05, 3.63) is 0 Å². The fourth-order valence-corrected chi connectivity index (χ4v) is 3.30. The molecule has 1 rings (SSSR count). The quantitative estimate of drug-likeness (QED) is 0.378. The van der Waals surface area contributed by atoms with Crippen molar-refractivity contribution in [2.24, 2.45) is 17.8 Å². The fraction of sp³-hybridized carbons (Fsp3) is 0.900. The highest BCUT2D eigenvalue weighted by atomic mass is 16.5. The van der Waals surface area contributed by atoms with Crippen LogP contribution in [0.5, 0.6) is 0 Å². The molecule has 0 bridgehead atoms. The van der Waals surface area contributed by atoms with Gasteiger partial charge in [0.05, 0.1) is 31.7 Å². The lowest BCUT2D eigenvalue weighted by Gasteiger charge is -2.25. The van der Waals surface area contributed by atoms with Gasteiger partial charge in [0.15, 0.2) is 0 Å². The van der Waals surface area contributed by atoms with Gasteiger partial charge in [0.1, 0.15) is 0 Å². The summed E-state index contributed by atoms with van der Waals surface area (Å²) < 4.78 is 5.54. The molecule has 0 aromatic rings. The summed E-state index contributed by atoms with van der Waals surface area (Å²) in [4.78, 5) is 23.1. The molecule has 6 nitrogen and oxygen atoms in total. The number of hydrogen-bond acceptors (Lipinski definition) is 5. The third-order valence-corrected chi connectivity index (χ3v) is 4.88. The average molecular weight is 375 g/mol. The molecule has 0 aromatic carbocycles. The van der Waals surface area contributed by atoms with Crippen molar-refractivity contribution in [2.45, 2.75) is 78.1 Å². The van der Waals surface area contributed by atoms with Crippen molar-refractivity contribution < 1.29 is 29.6 Å². The van der Waals surface area contributed by atoms with Gasteiger partial charge in [0.25, 0.3) is 0 Å². The van der Waals surface area contributed by atoms with E-state index in [2.05, 4.69) is 13.8 Å². The van der Waals surface area contributed by atoms with E-state index in [4.69, 9.17) is 20.1 Å². The summed E-state index contributed by atoms with van der Waals surface area (Å²) in [6, 6.07) is 0. The van der Waals surface area contributed by atoms with E-state index in [1.54, 1.807) is 0 Å². The maximum Gasteiger partial charge on any atom is 0.308 e. The summed E-state index contributed by atoms with van der Waals surface area (Å²) >= 11 is 0. The van der Waals surface area contributed by atoms with E-state index in [0.29, 0.717) is 38.2 Å². The van der Waals surface area contributed by atoms with E-state index in [1.165, 1.54) is 19.3 Å². The zero-order valence-corrected chi connectivity index (χ0v) is 16.5. The zero-order chi connectivity index (χ0) is 19.8. The lowest BCUT2D eigenvalue weighted by molar-refractivity contribution is -0.154. The molecule has 1 saturated carbocycles. The molecule has 1 aliphatic rings. The molecule has 0 aliphatic heterocycles. The second kappa shape index (κ2) is 16.1. The van der Waals surface area contributed by atoms with Crippen LogP contribution in [0.15, 0.2) is 0 Å². The Morgan fingerprint density at radius 3 is 1.96 bits per heavy atom. The first-order valence-corrected chi connectivity index (χ1v) is 10.1. The zero-order valence-electron chi connectivity index (χ0n) is 16.5. The number of hydrogen-bond donors (Lipinski definition) is 3. The Labute approximate surface area is 157 Å². The molecule has 1 unspecified atom stereocenters.